The van der Waals surface area contributed by atoms with E-state index in [1.54, 1.807) is 0 Å². The first-order chi connectivity index (χ1) is 9.45. The van der Waals surface area contributed by atoms with Gasteiger partial charge in [-0.2, -0.15) is 0 Å². The van der Waals surface area contributed by atoms with Gasteiger partial charge in [0.1, 0.15) is 0 Å². The predicted octanol–water partition coefficient (Wildman–Crippen LogP) is 4.69. The molecule has 3 aromatic carbocycles. The van der Waals surface area contributed by atoms with E-state index in [0.717, 1.165) is 0 Å². The molecule has 0 saturated heterocycles. The minimum atomic E-state index is 1.29. The van der Waals surface area contributed by atoms with Gasteiger partial charge in [0.25, 0.3) is 0 Å². The van der Waals surface area contributed by atoms with Crippen molar-refractivity contribution in [3.63, 3.8) is 0 Å². The Hall–Kier alpha value is -2.47. The molecule has 0 radical (unpaired) electrons. The Morgan fingerprint density at radius 3 is 1.53 bits per heavy atom. The lowest BCUT2D eigenvalue weighted by Crippen LogP contribution is -1.99. The molecule has 0 amide bonds. The molecule has 4 rings (SSSR count). The average Bonchev–Trinajstić information content (AvgIpc) is 2.83. The lowest BCUT2D eigenvalue weighted by Gasteiger charge is -2.07. The summed E-state index contributed by atoms with van der Waals surface area (Å²) in [7, 11) is 0. The predicted molar refractivity (Wildman–Crippen MR) is 78.9 cm³/mol. The van der Waals surface area contributed by atoms with Crippen molar-refractivity contribution in [2.75, 3.05) is 0 Å². The van der Waals surface area contributed by atoms with Crippen LogP contribution in [0, 0.1) is 5.92 Å². The second kappa shape index (κ2) is 4.03. The third-order valence-electron chi connectivity index (χ3n) is 3.75. The summed E-state index contributed by atoms with van der Waals surface area (Å²) in [6.07, 6.45) is 0. The zero-order valence-electron chi connectivity index (χ0n) is 10.5. The molecule has 0 N–H and O–H groups in total. The van der Waals surface area contributed by atoms with Crippen molar-refractivity contribution in [3.8, 4) is 11.1 Å². The Morgan fingerprint density at radius 2 is 0.947 bits per heavy atom. The topological polar surface area (TPSA) is 0 Å². The normalized spacial score (nSPS) is 12.1. The van der Waals surface area contributed by atoms with E-state index in [2.05, 4.69) is 78.9 Å². The molecule has 3 aromatic rings. The molecule has 0 heteroatoms. The zero-order chi connectivity index (χ0) is 12.7. The molecule has 0 bridgehead atoms. The maximum absolute atomic E-state index is 2.22. The average molecular weight is 241 g/mol. The van der Waals surface area contributed by atoms with E-state index in [1.165, 1.54) is 33.7 Å². The van der Waals surface area contributed by atoms with Gasteiger partial charge in [0.2, 0.25) is 0 Å². The molecular weight excluding hydrogens is 228 g/mol. The summed E-state index contributed by atoms with van der Waals surface area (Å²) in [5.41, 5.74) is 6.67. The van der Waals surface area contributed by atoms with E-state index in [1.807, 2.05) is 0 Å². The lowest BCUT2D eigenvalue weighted by molar-refractivity contribution is 1.28. The van der Waals surface area contributed by atoms with Gasteiger partial charge in [0.15, 0.2) is 0 Å². The number of hydrogen-bond acceptors (Lipinski definition) is 0. The van der Waals surface area contributed by atoms with E-state index in [-0.39, 0.29) is 0 Å². The van der Waals surface area contributed by atoms with Gasteiger partial charge < -0.3 is 0 Å². The second-order valence-corrected chi connectivity index (χ2v) is 4.83. The Bertz CT molecular complexity index is 680. The monoisotopic (exact) mass is 241 g/mol. The minimum Gasteiger partial charge on any atom is -0.0511 e. The third kappa shape index (κ3) is 1.50. The van der Waals surface area contributed by atoms with Gasteiger partial charge >= 0.3 is 0 Å². The Morgan fingerprint density at radius 1 is 0.474 bits per heavy atom. The van der Waals surface area contributed by atoms with Gasteiger partial charge in [-0.1, -0.05) is 6.07 Å². The molecular formula is C19H13+. The van der Waals surface area contributed by atoms with Crippen molar-refractivity contribution in [2.45, 2.75) is 0 Å². The van der Waals surface area contributed by atoms with E-state index in [4.69, 9.17) is 0 Å². The van der Waals surface area contributed by atoms with E-state index < -0.39 is 0 Å². The van der Waals surface area contributed by atoms with Crippen LogP contribution in [0.2, 0.25) is 0 Å². The summed E-state index contributed by atoms with van der Waals surface area (Å²) in [6.45, 7) is 0. The van der Waals surface area contributed by atoms with Gasteiger partial charge in [-0.15, -0.1) is 0 Å². The van der Waals surface area contributed by atoms with Gasteiger partial charge in [0, 0.05) is 0 Å². The van der Waals surface area contributed by atoms with Crippen LogP contribution < -0.4 is 0 Å². The fourth-order valence-corrected chi connectivity index (χ4v) is 2.93. The number of rotatable bonds is 1. The number of fused-ring (bicyclic) bond motifs is 3. The lowest BCUT2D eigenvalue weighted by atomic mass is 9.89. The maximum atomic E-state index is 2.22. The molecule has 0 aliphatic heterocycles. The van der Waals surface area contributed by atoms with Crippen molar-refractivity contribution in [2.24, 2.45) is 0 Å². The quantitative estimate of drug-likeness (QED) is 0.424. The largest absolute Gasteiger partial charge is 0.0674 e. The molecule has 0 heterocycles. The molecule has 0 atom stereocenters. The molecule has 19 heavy (non-hydrogen) atoms. The van der Waals surface area contributed by atoms with Gasteiger partial charge in [-0.05, 0) is 72.8 Å². The summed E-state index contributed by atoms with van der Waals surface area (Å²) in [5, 5.41) is 0. The minimum absolute atomic E-state index is 1.29. The Kier molecular flexibility index (Phi) is 2.22. The highest BCUT2D eigenvalue weighted by molar-refractivity contribution is 5.86. The molecule has 88 valence electrons. The summed E-state index contributed by atoms with van der Waals surface area (Å²) < 4.78 is 0. The highest BCUT2D eigenvalue weighted by atomic mass is 14.3. The summed E-state index contributed by atoms with van der Waals surface area (Å²) in [4.78, 5) is 0. The number of benzene rings is 3. The third-order valence-corrected chi connectivity index (χ3v) is 3.75. The van der Waals surface area contributed by atoms with Crippen LogP contribution in [0.5, 0.6) is 0 Å². The van der Waals surface area contributed by atoms with Crippen LogP contribution in [-0.4, -0.2) is 0 Å². The van der Waals surface area contributed by atoms with Crippen molar-refractivity contribution >= 4 is 0 Å². The first-order valence-electron chi connectivity index (χ1n) is 6.57. The van der Waals surface area contributed by atoms with Crippen molar-refractivity contribution in [1.82, 2.24) is 0 Å². The van der Waals surface area contributed by atoms with Gasteiger partial charge in [-0.25, -0.2) is 0 Å². The van der Waals surface area contributed by atoms with Crippen LogP contribution in [0.25, 0.3) is 11.1 Å². The number of hydrogen-bond donors (Lipinski definition) is 0. The van der Waals surface area contributed by atoms with Crippen molar-refractivity contribution in [1.29, 1.82) is 0 Å². The Balaban J connectivity index is 2.02. The molecule has 1 aliphatic rings. The first kappa shape index (κ1) is 10.5. The van der Waals surface area contributed by atoms with E-state index in [0.29, 0.717) is 0 Å². The molecule has 0 spiro atoms. The van der Waals surface area contributed by atoms with Crippen molar-refractivity contribution < 1.29 is 0 Å². The fourth-order valence-electron chi connectivity index (χ4n) is 2.93. The molecule has 0 unspecified atom stereocenters. The first-order valence-corrected chi connectivity index (χ1v) is 6.57. The maximum Gasteiger partial charge on any atom is 0.0674 e. The molecule has 1 aliphatic carbocycles. The summed E-state index contributed by atoms with van der Waals surface area (Å²) in [6, 6.07) is 28.0. The molecule has 0 nitrogen and oxygen atoms in total. The fraction of sp³-hybridized carbons (Fsp3) is 0. The van der Waals surface area contributed by atoms with Crippen LogP contribution in [0.1, 0.15) is 16.7 Å². The van der Waals surface area contributed by atoms with E-state index >= 15 is 0 Å². The van der Waals surface area contributed by atoms with Crippen molar-refractivity contribution in [3.05, 3.63) is 101 Å². The van der Waals surface area contributed by atoms with Crippen LogP contribution in [0.15, 0.2) is 78.9 Å². The molecule has 0 fully saturated rings. The smallest absolute Gasteiger partial charge is 0.0511 e. The summed E-state index contributed by atoms with van der Waals surface area (Å²) >= 11 is 0. The molecule has 0 aromatic heterocycles. The SMILES string of the molecule is c1ccc([C+]2c3ccccc3-c3ccccc32)cc1. The van der Waals surface area contributed by atoms with Gasteiger partial charge in [-0.3, -0.25) is 0 Å². The highest BCUT2D eigenvalue weighted by Gasteiger charge is 2.35. The summed E-state index contributed by atoms with van der Waals surface area (Å²) in [5.74, 6) is 1.35. The van der Waals surface area contributed by atoms with Crippen LogP contribution in [0.4, 0.5) is 0 Å². The standard InChI is InChI=1S/C19H13/c1-2-8-14(9-3-1)19-17-12-6-4-10-15(17)16-11-5-7-13-18(16)19/h1-13H/q+1. The van der Waals surface area contributed by atoms with Crippen LogP contribution >= 0.6 is 0 Å². The Labute approximate surface area is 113 Å². The van der Waals surface area contributed by atoms with Gasteiger partial charge in [0.05, 0.1) is 33.7 Å². The van der Waals surface area contributed by atoms with E-state index in [9.17, 15) is 0 Å². The highest BCUT2D eigenvalue weighted by Crippen LogP contribution is 2.46. The van der Waals surface area contributed by atoms with Crippen LogP contribution in [0.3, 0.4) is 0 Å². The second-order valence-electron chi connectivity index (χ2n) is 4.83. The zero-order valence-corrected chi connectivity index (χ0v) is 10.5. The van der Waals surface area contributed by atoms with Crippen LogP contribution in [-0.2, 0) is 0 Å². The molecule has 0 saturated carbocycles.